The molecule has 0 aromatic rings. The Morgan fingerprint density at radius 2 is 2.12 bits per heavy atom. The number of likely N-dealkylation sites (tertiary alicyclic amines) is 1. The molecule has 0 aromatic carbocycles. The van der Waals surface area contributed by atoms with E-state index in [4.69, 9.17) is 4.74 Å². The average Bonchev–Trinajstić information content (AvgIpc) is 2.28. The van der Waals surface area contributed by atoms with Crippen LogP contribution in [0.3, 0.4) is 0 Å². The Labute approximate surface area is 98.3 Å². The molecule has 4 nitrogen and oxygen atoms in total. The van der Waals surface area contributed by atoms with Gasteiger partial charge in [-0.05, 0) is 19.3 Å². The lowest BCUT2D eigenvalue weighted by molar-refractivity contribution is -0.122. The summed E-state index contributed by atoms with van der Waals surface area (Å²) in [5, 5.41) is 3.10. The lowest BCUT2D eigenvalue weighted by atomic mass is 10.0. The van der Waals surface area contributed by atoms with Crippen LogP contribution in [0.4, 0.5) is 0 Å². The van der Waals surface area contributed by atoms with Crippen molar-refractivity contribution in [3.63, 3.8) is 0 Å². The molecule has 0 unspecified atom stereocenters. The molecule has 0 radical (unpaired) electrons. The molecule has 1 heterocycles. The zero-order chi connectivity index (χ0) is 11.8. The van der Waals surface area contributed by atoms with E-state index in [0.29, 0.717) is 12.5 Å². The summed E-state index contributed by atoms with van der Waals surface area (Å²) < 4.78 is 5.06. The molecule has 1 aliphatic heterocycles. The van der Waals surface area contributed by atoms with Crippen LogP contribution in [0, 0.1) is 0 Å². The molecule has 0 bridgehead atoms. The lowest BCUT2D eigenvalue weighted by Gasteiger charge is -2.32. The van der Waals surface area contributed by atoms with E-state index in [0.717, 1.165) is 45.5 Å². The van der Waals surface area contributed by atoms with Crippen molar-refractivity contribution in [3.8, 4) is 0 Å². The number of carbonyl (C=O) groups excluding carboxylic acids is 1. The lowest BCUT2D eigenvalue weighted by Crippen LogP contribution is -2.45. The standard InChI is InChI=1S/C12H24N2O2/c1-3-4-12(15)13-11-5-7-14(8-6-11)9-10-16-2/h11H,3-10H2,1-2H3,(H,13,15). The van der Waals surface area contributed by atoms with Crippen LogP contribution in [-0.4, -0.2) is 50.2 Å². The third-order valence-corrected chi connectivity index (χ3v) is 3.04. The predicted molar refractivity (Wildman–Crippen MR) is 64.4 cm³/mol. The van der Waals surface area contributed by atoms with Gasteiger partial charge in [0, 0.05) is 39.2 Å². The van der Waals surface area contributed by atoms with Crippen molar-refractivity contribution in [3.05, 3.63) is 0 Å². The van der Waals surface area contributed by atoms with Crippen LogP contribution < -0.4 is 5.32 Å². The van der Waals surface area contributed by atoms with Crippen molar-refractivity contribution < 1.29 is 9.53 Å². The van der Waals surface area contributed by atoms with Crippen molar-refractivity contribution in [2.24, 2.45) is 0 Å². The van der Waals surface area contributed by atoms with Crippen molar-refractivity contribution in [2.75, 3.05) is 33.4 Å². The minimum Gasteiger partial charge on any atom is -0.383 e. The van der Waals surface area contributed by atoms with Gasteiger partial charge in [-0.3, -0.25) is 4.79 Å². The van der Waals surface area contributed by atoms with Crippen LogP contribution in [0.5, 0.6) is 0 Å². The predicted octanol–water partition coefficient (Wildman–Crippen LogP) is 1.01. The summed E-state index contributed by atoms with van der Waals surface area (Å²) in [4.78, 5) is 13.8. The van der Waals surface area contributed by atoms with Gasteiger partial charge in [0.15, 0.2) is 0 Å². The first-order chi connectivity index (χ1) is 7.76. The number of nitrogens with zero attached hydrogens (tertiary/aromatic N) is 1. The molecule has 1 amide bonds. The van der Waals surface area contributed by atoms with E-state index in [1.165, 1.54) is 0 Å². The first kappa shape index (κ1) is 13.5. The van der Waals surface area contributed by atoms with Gasteiger partial charge in [0.2, 0.25) is 5.91 Å². The number of amides is 1. The van der Waals surface area contributed by atoms with Gasteiger partial charge in [-0.2, -0.15) is 0 Å². The van der Waals surface area contributed by atoms with Gasteiger partial charge in [0.05, 0.1) is 6.61 Å². The zero-order valence-electron chi connectivity index (χ0n) is 10.5. The fourth-order valence-electron chi connectivity index (χ4n) is 2.05. The van der Waals surface area contributed by atoms with Crippen LogP contribution in [0.15, 0.2) is 0 Å². The van der Waals surface area contributed by atoms with Gasteiger partial charge in [0.25, 0.3) is 0 Å². The van der Waals surface area contributed by atoms with E-state index in [1.807, 2.05) is 6.92 Å². The van der Waals surface area contributed by atoms with Gasteiger partial charge >= 0.3 is 0 Å². The molecular formula is C12H24N2O2. The summed E-state index contributed by atoms with van der Waals surface area (Å²) in [5.74, 6) is 0.206. The molecule has 16 heavy (non-hydrogen) atoms. The number of nitrogens with one attached hydrogen (secondary N) is 1. The fourth-order valence-corrected chi connectivity index (χ4v) is 2.05. The highest BCUT2D eigenvalue weighted by molar-refractivity contribution is 5.76. The summed E-state index contributed by atoms with van der Waals surface area (Å²) in [6.45, 7) is 5.98. The summed E-state index contributed by atoms with van der Waals surface area (Å²) in [6.07, 6.45) is 3.72. The second-order valence-corrected chi connectivity index (χ2v) is 4.43. The number of hydrogen-bond acceptors (Lipinski definition) is 3. The second-order valence-electron chi connectivity index (χ2n) is 4.43. The van der Waals surface area contributed by atoms with Gasteiger partial charge in [-0.25, -0.2) is 0 Å². The molecule has 0 aromatic heterocycles. The quantitative estimate of drug-likeness (QED) is 0.738. The van der Waals surface area contributed by atoms with Crippen molar-refractivity contribution in [2.45, 2.75) is 38.6 Å². The SMILES string of the molecule is CCCC(=O)NC1CCN(CCOC)CC1. The van der Waals surface area contributed by atoms with Crippen LogP contribution in [0.1, 0.15) is 32.6 Å². The van der Waals surface area contributed by atoms with Gasteiger partial charge in [-0.1, -0.05) is 6.92 Å². The van der Waals surface area contributed by atoms with Crippen molar-refractivity contribution >= 4 is 5.91 Å². The Morgan fingerprint density at radius 1 is 1.44 bits per heavy atom. The first-order valence-corrected chi connectivity index (χ1v) is 6.27. The molecule has 0 saturated carbocycles. The highest BCUT2D eigenvalue weighted by Crippen LogP contribution is 2.10. The summed E-state index contributed by atoms with van der Waals surface area (Å²) in [5.41, 5.74) is 0. The molecule has 1 fully saturated rings. The maximum Gasteiger partial charge on any atom is 0.220 e. The van der Waals surface area contributed by atoms with E-state index in [1.54, 1.807) is 7.11 Å². The Balaban J connectivity index is 2.14. The average molecular weight is 228 g/mol. The third-order valence-electron chi connectivity index (χ3n) is 3.04. The first-order valence-electron chi connectivity index (χ1n) is 6.27. The Kier molecular flexibility index (Phi) is 6.42. The van der Waals surface area contributed by atoms with Crippen molar-refractivity contribution in [1.29, 1.82) is 0 Å². The number of carbonyl (C=O) groups is 1. The Hall–Kier alpha value is -0.610. The smallest absolute Gasteiger partial charge is 0.220 e. The summed E-state index contributed by atoms with van der Waals surface area (Å²) >= 11 is 0. The number of piperidine rings is 1. The van der Waals surface area contributed by atoms with Crippen LogP contribution >= 0.6 is 0 Å². The van der Waals surface area contributed by atoms with E-state index in [-0.39, 0.29) is 5.91 Å². The molecule has 1 saturated heterocycles. The number of rotatable bonds is 6. The third kappa shape index (κ3) is 4.94. The minimum atomic E-state index is 0.206. The molecule has 1 rings (SSSR count). The normalized spacial score (nSPS) is 18.6. The van der Waals surface area contributed by atoms with Gasteiger partial charge < -0.3 is 15.0 Å². The molecule has 0 spiro atoms. The summed E-state index contributed by atoms with van der Waals surface area (Å²) in [7, 11) is 1.73. The van der Waals surface area contributed by atoms with E-state index in [9.17, 15) is 4.79 Å². The van der Waals surface area contributed by atoms with Gasteiger partial charge in [-0.15, -0.1) is 0 Å². The molecule has 1 aliphatic rings. The van der Waals surface area contributed by atoms with E-state index >= 15 is 0 Å². The van der Waals surface area contributed by atoms with Crippen LogP contribution in [0.25, 0.3) is 0 Å². The van der Waals surface area contributed by atoms with E-state index in [2.05, 4.69) is 10.2 Å². The molecule has 94 valence electrons. The second kappa shape index (κ2) is 7.63. The zero-order valence-corrected chi connectivity index (χ0v) is 10.5. The Bertz CT molecular complexity index is 201. The maximum atomic E-state index is 11.4. The van der Waals surface area contributed by atoms with E-state index < -0.39 is 0 Å². The number of ether oxygens (including phenoxy) is 1. The van der Waals surface area contributed by atoms with Crippen molar-refractivity contribution in [1.82, 2.24) is 10.2 Å². The monoisotopic (exact) mass is 228 g/mol. The Morgan fingerprint density at radius 3 is 2.69 bits per heavy atom. The number of hydrogen-bond donors (Lipinski definition) is 1. The minimum absolute atomic E-state index is 0.206. The highest BCUT2D eigenvalue weighted by atomic mass is 16.5. The topological polar surface area (TPSA) is 41.6 Å². The molecule has 0 atom stereocenters. The van der Waals surface area contributed by atoms with Crippen LogP contribution in [0.2, 0.25) is 0 Å². The number of methoxy groups -OCH3 is 1. The molecule has 4 heteroatoms. The van der Waals surface area contributed by atoms with Gasteiger partial charge in [0.1, 0.15) is 0 Å². The maximum absolute atomic E-state index is 11.4. The molecule has 0 aliphatic carbocycles. The molecule has 1 N–H and O–H groups in total. The molecular weight excluding hydrogens is 204 g/mol. The fraction of sp³-hybridized carbons (Fsp3) is 0.917. The largest absolute Gasteiger partial charge is 0.383 e. The highest BCUT2D eigenvalue weighted by Gasteiger charge is 2.19. The summed E-state index contributed by atoms with van der Waals surface area (Å²) in [6, 6.07) is 0.387. The van der Waals surface area contributed by atoms with Crippen LogP contribution in [-0.2, 0) is 9.53 Å².